The predicted octanol–water partition coefficient (Wildman–Crippen LogP) is 14.1. The summed E-state index contributed by atoms with van der Waals surface area (Å²) in [4.78, 5) is 30.3. The molecule has 5 aliphatic rings. The highest BCUT2D eigenvalue weighted by molar-refractivity contribution is 7.27. The number of unbranched alkanes of at least 4 members (excludes halogenated alkanes) is 2. The largest absolute Gasteiger partial charge is 0.382 e. The highest BCUT2D eigenvalue weighted by atomic mass is 31.0. The zero-order valence-corrected chi connectivity index (χ0v) is 50.8. The molecule has 10 heteroatoms. The number of likely N-dealkylation sites (N-methyl/N-ethyl adjacent to an activating group) is 2. The molecule has 3 aliphatic heterocycles. The molecule has 1 fully saturated rings. The number of fused-ring (bicyclic) bond motifs is 4. The molecule has 1 saturated heterocycles. The number of pyridine rings is 1. The minimum atomic E-state index is -0.0749. The number of nitrogens with one attached hydrogen (secondary N) is 2. The Kier molecular flexibility index (Phi) is 19.5. The van der Waals surface area contributed by atoms with Crippen molar-refractivity contribution in [3.05, 3.63) is 185 Å². The number of ketones is 1. The van der Waals surface area contributed by atoms with Gasteiger partial charge in [-0.15, -0.1) is 9.24 Å². The molecule has 0 spiro atoms. The zero-order chi connectivity index (χ0) is 56.8. The first-order valence-electron chi connectivity index (χ1n) is 29.8. The van der Waals surface area contributed by atoms with E-state index in [1.807, 2.05) is 0 Å². The van der Waals surface area contributed by atoms with Gasteiger partial charge in [-0.2, -0.15) is 0 Å². The van der Waals surface area contributed by atoms with Crippen molar-refractivity contribution >= 4 is 36.9 Å². The second-order valence-corrected chi connectivity index (χ2v) is 24.3. The van der Waals surface area contributed by atoms with Crippen LogP contribution < -0.4 is 15.9 Å². The third kappa shape index (κ3) is 12.9. The van der Waals surface area contributed by atoms with Gasteiger partial charge in [-0.05, 0) is 134 Å². The smallest absolute Gasteiger partial charge is 0.140 e. The lowest BCUT2D eigenvalue weighted by molar-refractivity contribution is -0.122. The fourth-order valence-corrected chi connectivity index (χ4v) is 13.8. The Morgan fingerprint density at radius 1 is 0.873 bits per heavy atom. The fourth-order valence-electron chi connectivity index (χ4n) is 13.5. The van der Waals surface area contributed by atoms with E-state index < -0.39 is 0 Å². The Labute approximate surface area is 479 Å². The number of rotatable bonds is 29. The normalized spacial score (nSPS) is 18.8. The summed E-state index contributed by atoms with van der Waals surface area (Å²) < 4.78 is 0. The van der Waals surface area contributed by atoms with E-state index in [9.17, 15) is 4.79 Å². The highest BCUT2D eigenvalue weighted by Gasteiger charge is 2.41. The summed E-state index contributed by atoms with van der Waals surface area (Å²) in [7, 11) is 9.42. The Morgan fingerprint density at radius 2 is 1.62 bits per heavy atom. The van der Waals surface area contributed by atoms with Gasteiger partial charge in [0.15, 0.2) is 0 Å². The maximum Gasteiger partial charge on any atom is 0.140 e. The second kappa shape index (κ2) is 26.0. The van der Waals surface area contributed by atoms with E-state index >= 15 is 0 Å². The predicted molar refractivity (Wildman–Crippen MR) is 338 cm³/mol. The maximum atomic E-state index is 13.1. The minimum Gasteiger partial charge on any atom is -0.382 e. The molecule has 0 saturated carbocycles. The molecule has 0 amide bonds. The van der Waals surface area contributed by atoms with Crippen LogP contribution in [0.15, 0.2) is 152 Å². The number of hydrogen-bond acceptors (Lipinski definition) is 9. The van der Waals surface area contributed by atoms with Crippen molar-refractivity contribution in [1.82, 2.24) is 40.1 Å². The molecule has 2 aliphatic carbocycles. The van der Waals surface area contributed by atoms with Crippen LogP contribution in [0.2, 0.25) is 0 Å². The van der Waals surface area contributed by atoms with Crippen LogP contribution in [0.25, 0.3) is 16.6 Å². The summed E-state index contributed by atoms with van der Waals surface area (Å²) in [5.74, 6) is 1.52. The number of carbonyl (C=O) groups excluding carboxylic acids is 1. The van der Waals surface area contributed by atoms with Gasteiger partial charge in [0.2, 0.25) is 0 Å². The second-order valence-electron chi connectivity index (χ2n) is 23.7. The number of allylic oxidation sites excluding steroid dienone is 7. The zero-order valence-electron chi connectivity index (χ0n) is 49.6. The molecule has 3 aromatic rings. The number of aromatic nitrogens is 1. The molecule has 2 aromatic carbocycles. The van der Waals surface area contributed by atoms with Gasteiger partial charge in [0.1, 0.15) is 5.78 Å². The van der Waals surface area contributed by atoms with Gasteiger partial charge < -0.3 is 35.1 Å². The number of benzene rings is 2. The molecule has 5 unspecified atom stereocenters. The van der Waals surface area contributed by atoms with E-state index in [0.717, 1.165) is 160 Å². The summed E-state index contributed by atoms with van der Waals surface area (Å²) in [6, 6.07) is 13.3. The Morgan fingerprint density at radius 3 is 2.34 bits per heavy atom. The lowest BCUT2D eigenvalue weighted by Gasteiger charge is -2.35. The molecule has 8 rings (SSSR count). The molecule has 1 aromatic heterocycles. The molecule has 0 radical (unpaired) electrons. The van der Waals surface area contributed by atoms with Crippen molar-refractivity contribution < 1.29 is 4.79 Å². The minimum absolute atomic E-state index is 0.0749. The van der Waals surface area contributed by atoms with E-state index in [0.29, 0.717) is 37.1 Å². The molecule has 9 nitrogen and oxygen atoms in total. The number of nitrogens with zero attached hydrogens (tertiary/aromatic N) is 6. The Bertz CT molecular complexity index is 2960. The van der Waals surface area contributed by atoms with Crippen molar-refractivity contribution in [2.24, 2.45) is 17.8 Å². The SMILES string of the molecule is C=C(CN(C)C(=C)CCCCCN1C(=C)CC(C(CC)CC)C1=C)NCC(=C)N(C)C(CC(=C)N(C)CCCC(=C)NC1CCc2c(C)c(P)cc3nc4c(c1c23)CN1C(=C)C2=C(C=C41)C(CC)C(=O)CC2)Cc1ccccc1. The molecule has 5 atom stereocenters. The van der Waals surface area contributed by atoms with E-state index in [1.165, 1.54) is 68.3 Å². The maximum absolute atomic E-state index is 13.1. The highest BCUT2D eigenvalue weighted by Crippen LogP contribution is 2.51. The lowest BCUT2D eigenvalue weighted by Crippen LogP contribution is -2.38. The Balaban J connectivity index is 0.825. The first-order valence-corrected chi connectivity index (χ1v) is 30.3. The quantitative estimate of drug-likeness (QED) is 0.0523. The van der Waals surface area contributed by atoms with Crippen LogP contribution in [0, 0.1) is 24.7 Å². The standard InChI is InChI=1S/C69H95N8OP/c1-16-54(17-2)59-37-48(8)76(52(59)12)35-24-20-21-27-46(6)74(14)42-45(5)70-41-49(9)75(15)55(38-53-28-22-19-23-29-53)36-47(7)73(13)34-25-26-44(4)71-62-32-30-57-50(10)66(79)40-63-67(57)68(62)61-43-77-51(11)58-31-33-65(78)56(18-3)60(58)39-64(77)69(61)72-63/h19,22-23,28-29,39-40,54-56,59,62,70-71H,4-9,11-12,16-18,20-21,24-27,30-38,41-43,79H2,1-3,10,13-15H3. The first kappa shape index (κ1) is 59.1. The number of aryl methyl sites for hydroxylation is 1. The van der Waals surface area contributed by atoms with Gasteiger partial charge in [0.05, 0.1) is 42.6 Å². The molecular formula is C69H95N8OP. The van der Waals surface area contributed by atoms with Crippen LogP contribution in [0.1, 0.15) is 150 Å². The van der Waals surface area contributed by atoms with E-state index in [4.69, 9.17) is 4.98 Å². The number of hydrogen-bond donors (Lipinski definition) is 2. The van der Waals surface area contributed by atoms with Crippen LogP contribution in [0.5, 0.6) is 0 Å². The van der Waals surface area contributed by atoms with Crippen molar-refractivity contribution in [3.63, 3.8) is 0 Å². The van der Waals surface area contributed by atoms with Crippen molar-refractivity contribution in [2.75, 3.05) is 47.3 Å². The van der Waals surface area contributed by atoms with Crippen molar-refractivity contribution in [3.8, 4) is 0 Å². The third-order valence-electron chi connectivity index (χ3n) is 18.6. The molecule has 2 N–H and O–H groups in total. The fraction of sp³-hybridized carbons (Fsp3) is 0.478. The van der Waals surface area contributed by atoms with Crippen LogP contribution in [0.3, 0.4) is 0 Å². The van der Waals surface area contributed by atoms with Crippen LogP contribution in [-0.4, -0.2) is 88.6 Å². The van der Waals surface area contributed by atoms with E-state index in [2.05, 4.69) is 188 Å². The van der Waals surface area contributed by atoms with Gasteiger partial charge >= 0.3 is 0 Å². The molecular weight excluding hydrogens is 988 g/mol. The third-order valence-corrected chi connectivity index (χ3v) is 19.2. The summed E-state index contributed by atoms with van der Waals surface area (Å²) >= 11 is 0. The van der Waals surface area contributed by atoms with Gasteiger partial charge in [-0.3, -0.25) is 4.79 Å². The molecule has 422 valence electrons. The van der Waals surface area contributed by atoms with Crippen molar-refractivity contribution in [2.45, 2.75) is 149 Å². The molecule has 4 heterocycles. The van der Waals surface area contributed by atoms with Crippen molar-refractivity contribution in [1.29, 1.82) is 0 Å². The molecule has 0 bridgehead atoms. The van der Waals surface area contributed by atoms with Gasteiger partial charge in [-0.1, -0.05) is 123 Å². The average molecular weight is 1080 g/mol. The van der Waals surface area contributed by atoms with Crippen LogP contribution >= 0.6 is 9.24 Å². The first-order chi connectivity index (χ1) is 37.8. The van der Waals surface area contributed by atoms with Gasteiger partial charge in [0.25, 0.3) is 0 Å². The summed E-state index contributed by atoms with van der Waals surface area (Å²) in [5, 5.41) is 10.1. The van der Waals surface area contributed by atoms with E-state index in [1.54, 1.807) is 0 Å². The van der Waals surface area contributed by atoms with Crippen LogP contribution in [0.4, 0.5) is 0 Å². The average Bonchev–Trinajstić information content (AvgIpc) is 4.06. The molecule has 79 heavy (non-hydrogen) atoms. The van der Waals surface area contributed by atoms with Gasteiger partial charge in [0, 0.05) is 121 Å². The lowest BCUT2D eigenvalue weighted by atomic mass is 9.77. The summed E-state index contributed by atoms with van der Waals surface area (Å²) in [5.41, 5.74) is 21.0. The van der Waals surface area contributed by atoms with Crippen LogP contribution in [-0.2, 0) is 24.2 Å². The number of Topliss-reactive ketones (excluding diaryl/α,β-unsaturated/α-hetero) is 1. The monoisotopic (exact) mass is 1080 g/mol. The van der Waals surface area contributed by atoms with Gasteiger partial charge in [-0.25, -0.2) is 4.98 Å². The number of likely N-dealkylation sites (tertiary alicyclic amines) is 1. The van der Waals surface area contributed by atoms with E-state index in [-0.39, 0.29) is 18.0 Å². The number of carbonyl (C=O) groups is 1. The summed E-state index contributed by atoms with van der Waals surface area (Å²) in [6.07, 6.45) is 17.7. The topological polar surface area (TPSA) is 70.2 Å². The summed E-state index contributed by atoms with van der Waals surface area (Å²) in [6.45, 7) is 49.2. The Hall–Kier alpha value is -6.05.